The predicted molar refractivity (Wildman–Crippen MR) is 529 cm³/mol. The highest BCUT2D eigenvalue weighted by Crippen LogP contribution is 2.57. The van der Waals surface area contributed by atoms with Gasteiger partial charge in [0.15, 0.2) is 0 Å². The zero-order valence-electron chi connectivity index (χ0n) is 66.6. The highest BCUT2D eigenvalue weighted by molar-refractivity contribution is 7.27. The van der Waals surface area contributed by atoms with Gasteiger partial charge in [-0.1, -0.05) is 255 Å². The van der Waals surface area contributed by atoms with Crippen LogP contribution in [0.4, 0.5) is 51.2 Å². The molecule has 10 heterocycles. The van der Waals surface area contributed by atoms with Crippen molar-refractivity contribution in [2.45, 2.75) is 0 Å². The van der Waals surface area contributed by atoms with Crippen LogP contribution in [0, 0.1) is 0 Å². The SMILES string of the molecule is c1ccc(N2c3ccccc3-n3c4ccc(-c5cccc6c5oc5ccccc56)cc4c4cccc2c43)cc1.c1ccc(N2c3ccccc3-n3c4ccc(-c5cccc6c5sc5ccccc56)cc4c4cccc2c43)cc1.c1ccc2c(c1)N(c1cccc3c1sc1ccccc13)c1cccc3c4cc(-c5ccc6sc7ccccc7c6c5)ccc4n-2c13. The Hall–Kier alpha value is -15.6. The zero-order chi connectivity index (χ0) is 80.9. The van der Waals surface area contributed by atoms with Gasteiger partial charge in [0.25, 0.3) is 0 Å². The summed E-state index contributed by atoms with van der Waals surface area (Å²) in [6.45, 7) is 0. The van der Waals surface area contributed by atoms with Gasteiger partial charge in [-0.05, 0) is 186 Å². The molecule has 26 aromatic rings. The van der Waals surface area contributed by atoms with Crippen LogP contribution < -0.4 is 14.7 Å². The lowest BCUT2D eigenvalue weighted by Gasteiger charge is -2.33. The first kappa shape index (κ1) is 69.3. The number of nitrogens with zero attached hydrogens (tertiary/aromatic N) is 6. The van der Waals surface area contributed by atoms with Gasteiger partial charge in [0.05, 0.1) is 94.7 Å². The fraction of sp³-hybridized carbons (Fsp3) is 0. The minimum Gasteiger partial charge on any atom is -0.455 e. The molecular weight excluding hydrogens is 1570 g/mol. The average molecular weight is 1630 g/mol. The van der Waals surface area contributed by atoms with E-state index in [1.54, 1.807) is 0 Å². The summed E-state index contributed by atoms with van der Waals surface area (Å²) < 4.78 is 21.8. The normalized spacial score (nSPS) is 12.6. The minimum atomic E-state index is 0.922. The Balaban J connectivity index is 0.0000000977. The molecule has 10 heteroatoms. The van der Waals surface area contributed by atoms with Crippen LogP contribution in [0.2, 0.25) is 0 Å². The fourth-order valence-electron chi connectivity index (χ4n) is 20.6. The van der Waals surface area contributed by atoms with E-state index >= 15 is 0 Å². The largest absolute Gasteiger partial charge is 0.455 e. The van der Waals surface area contributed by atoms with Gasteiger partial charge in [-0.15, -0.1) is 34.0 Å². The van der Waals surface area contributed by atoms with Crippen molar-refractivity contribution < 1.29 is 4.42 Å². The van der Waals surface area contributed by atoms with Gasteiger partial charge in [-0.3, -0.25) is 0 Å². The van der Waals surface area contributed by atoms with Crippen molar-refractivity contribution in [2.24, 2.45) is 0 Å². The summed E-state index contributed by atoms with van der Waals surface area (Å²) in [7, 11) is 0. The summed E-state index contributed by atoms with van der Waals surface area (Å²) in [6, 6.07) is 150. The van der Waals surface area contributed by atoms with E-state index in [9.17, 15) is 0 Å². The van der Waals surface area contributed by atoms with Gasteiger partial charge >= 0.3 is 0 Å². The lowest BCUT2D eigenvalue weighted by molar-refractivity contribution is 0.670. The first-order chi connectivity index (χ1) is 61.5. The molecule has 3 aliphatic rings. The summed E-state index contributed by atoms with van der Waals surface area (Å²) >= 11 is 5.65. The monoisotopic (exact) mass is 1630 g/mol. The molecule has 0 saturated heterocycles. The number of aromatic nitrogens is 3. The molecule has 0 radical (unpaired) electrons. The van der Waals surface area contributed by atoms with Crippen molar-refractivity contribution in [2.75, 3.05) is 14.7 Å². The van der Waals surface area contributed by atoms with E-state index < -0.39 is 0 Å². The number of thiophene rings is 3. The Bertz CT molecular complexity index is 8680. The lowest BCUT2D eigenvalue weighted by atomic mass is 10.00. The molecule has 0 amide bonds. The van der Waals surface area contributed by atoms with Crippen molar-refractivity contribution in [3.8, 4) is 50.4 Å². The number of hydrogen-bond acceptors (Lipinski definition) is 7. The maximum atomic E-state index is 6.39. The van der Waals surface area contributed by atoms with Crippen molar-refractivity contribution in [1.82, 2.24) is 13.7 Å². The van der Waals surface area contributed by atoms with Gasteiger partial charge in [-0.2, -0.15) is 0 Å². The maximum absolute atomic E-state index is 6.39. The number of furan rings is 1. The molecule has 0 N–H and O–H groups in total. The number of para-hydroxylation sites is 13. The van der Waals surface area contributed by atoms with Crippen LogP contribution in [0.3, 0.4) is 0 Å². The topological polar surface area (TPSA) is 37.7 Å². The molecule has 0 saturated carbocycles. The zero-order valence-corrected chi connectivity index (χ0v) is 69.0. The van der Waals surface area contributed by atoms with Crippen LogP contribution in [0.15, 0.2) is 417 Å². The number of hydrogen-bond donors (Lipinski definition) is 0. The van der Waals surface area contributed by atoms with Crippen LogP contribution >= 0.6 is 34.0 Å². The van der Waals surface area contributed by atoms with Crippen molar-refractivity contribution >= 4 is 233 Å². The smallest absolute Gasteiger partial charge is 0.143 e. The third-order valence-corrected chi connectivity index (χ3v) is 29.5. The van der Waals surface area contributed by atoms with Crippen molar-refractivity contribution in [3.05, 3.63) is 413 Å². The van der Waals surface area contributed by atoms with Crippen LogP contribution in [-0.4, -0.2) is 13.7 Å². The summed E-state index contributed by atoms with van der Waals surface area (Å²) in [5.41, 5.74) is 31.0. The minimum absolute atomic E-state index is 0.922. The standard InChI is InChI=1S/C42H24N2S2.C36H22N2O.C36H22N2S/c1-6-18-39-27(9-1)30-12-8-16-37(42(30)46-39)43-34-13-3-4-14-35(34)44-33-21-19-25(23-31(33)29-11-7-15-36(43)41(29)44)26-20-22-40-32(24-26)28-10-2-5-17-38(28)45-40;2*1-2-10-24(11-3-1)37-31-16-5-6-17-32(31)38-30-21-20-23(22-29(30)27-14-9-18-33(37)35(27)38)25-13-8-15-28-26-12-4-7-19-34(26)39-36(25)28/h1-24H;2*1-22H. The van der Waals surface area contributed by atoms with Gasteiger partial charge < -0.3 is 32.8 Å². The highest BCUT2D eigenvalue weighted by Gasteiger charge is 2.34. The van der Waals surface area contributed by atoms with E-state index in [2.05, 4.69) is 429 Å². The fourth-order valence-corrected chi connectivity index (χ4v) is 24.1. The lowest BCUT2D eigenvalue weighted by Crippen LogP contribution is -2.18. The van der Waals surface area contributed by atoms with E-state index in [1.165, 1.54) is 211 Å². The molecular formula is C114H68N6OS3. The Kier molecular flexibility index (Phi) is 15.1. The van der Waals surface area contributed by atoms with Gasteiger partial charge in [0, 0.05) is 116 Å². The van der Waals surface area contributed by atoms with Gasteiger partial charge in [0.1, 0.15) is 11.2 Å². The second kappa shape index (κ2) is 27.0. The Morgan fingerprint density at radius 2 is 0.524 bits per heavy atom. The molecule has 7 aromatic heterocycles. The second-order valence-electron chi connectivity index (χ2n) is 32.5. The molecule has 7 nitrogen and oxygen atoms in total. The van der Waals surface area contributed by atoms with E-state index in [0.717, 1.165) is 38.8 Å². The molecule has 0 aliphatic carbocycles. The third kappa shape index (κ3) is 10.2. The maximum Gasteiger partial charge on any atom is 0.143 e. The van der Waals surface area contributed by atoms with E-state index in [1.807, 2.05) is 46.1 Å². The first-order valence-electron chi connectivity index (χ1n) is 42.2. The summed E-state index contributed by atoms with van der Waals surface area (Å²) in [4.78, 5) is 7.27. The molecule has 0 spiro atoms. The Morgan fingerprint density at radius 3 is 1.06 bits per heavy atom. The number of benzene rings is 19. The second-order valence-corrected chi connectivity index (χ2v) is 35.7. The third-order valence-electron chi connectivity index (χ3n) is 25.9. The average Bonchev–Trinajstić information content (AvgIpc) is 1.55. The van der Waals surface area contributed by atoms with E-state index in [4.69, 9.17) is 4.42 Å². The number of fused-ring (bicyclic) bond motifs is 27. The van der Waals surface area contributed by atoms with Crippen molar-refractivity contribution in [1.29, 1.82) is 0 Å². The molecule has 124 heavy (non-hydrogen) atoms. The van der Waals surface area contributed by atoms with Crippen LogP contribution in [0.1, 0.15) is 0 Å². The molecule has 0 fully saturated rings. The van der Waals surface area contributed by atoms with E-state index in [-0.39, 0.29) is 0 Å². The summed E-state index contributed by atoms with van der Waals surface area (Å²) in [5, 5.41) is 17.9. The van der Waals surface area contributed by atoms with Gasteiger partial charge in [-0.25, -0.2) is 0 Å². The van der Waals surface area contributed by atoms with E-state index in [0.29, 0.717) is 0 Å². The van der Waals surface area contributed by atoms with Crippen LogP contribution in [-0.2, 0) is 0 Å². The Morgan fingerprint density at radius 1 is 0.185 bits per heavy atom. The first-order valence-corrected chi connectivity index (χ1v) is 44.6. The summed E-state index contributed by atoms with van der Waals surface area (Å²) in [5.74, 6) is 0. The molecule has 578 valence electrons. The van der Waals surface area contributed by atoms with Crippen LogP contribution in [0.25, 0.3) is 198 Å². The molecule has 3 aliphatic heterocycles. The summed E-state index contributed by atoms with van der Waals surface area (Å²) in [6.07, 6.45) is 0. The highest BCUT2D eigenvalue weighted by atomic mass is 32.1. The molecule has 0 bridgehead atoms. The predicted octanol–water partition coefficient (Wildman–Crippen LogP) is 33.7. The van der Waals surface area contributed by atoms with Gasteiger partial charge in [0.2, 0.25) is 0 Å². The molecule has 19 aromatic carbocycles. The quantitative estimate of drug-likeness (QED) is 0.166. The Labute approximate surface area is 723 Å². The molecule has 0 unspecified atom stereocenters. The van der Waals surface area contributed by atoms with Crippen LogP contribution in [0.5, 0.6) is 0 Å². The number of anilines is 9. The molecule has 0 atom stereocenters. The molecule has 29 rings (SSSR count). The van der Waals surface area contributed by atoms with Crippen molar-refractivity contribution in [3.63, 3.8) is 0 Å². The number of rotatable bonds is 6.